The Kier molecular flexibility index (Phi) is 6.30. The Balaban J connectivity index is 1.38. The molecule has 2 aliphatic heterocycles. The fourth-order valence-electron chi connectivity index (χ4n) is 4.65. The lowest BCUT2D eigenvalue weighted by Crippen LogP contribution is -2.35. The maximum Gasteiger partial charge on any atom is 0.416 e. The van der Waals surface area contributed by atoms with Gasteiger partial charge in [0.25, 0.3) is 5.91 Å². The van der Waals surface area contributed by atoms with Crippen LogP contribution in [0.15, 0.2) is 72.8 Å². The van der Waals surface area contributed by atoms with Gasteiger partial charge in [-0.2, -0.15) is 13.2 Å². The number of rotatable bonds is 5. The van der Waals surface area contributed by atoms with Crippen molar-refractivity contribution < 1.29 is 32.2 Å². The van der Waals surface area contributed by atoms with Crippen molar-refractivity contribution in [3.63, 3.8) is 0 Å². The number of alkyl halides is 3. The number of fused-ring (bicyclic) bond motifs is 1. The number of hydrogen-bond acceptors (Lipinski definition) is 4. The van der Waals surface area contributed by atoms with E-state index in [1.165, 1.54) is 11.0 Å². The Labute approximate surface area is 205 Å². The summed E-state index contributed by atoms with van der Waals surface area (Å²) in [5, 5.41) is 2.88. The second kappa shape index (κ2) is 9.56. The highest BCUT2D eigenvalue weighted by atomic mass is 19.4. The number of carbonyl (C=O) groups is 2. The van der Waals surface area contributed by atoms with Crippen LogP contribution in [0.4, 0.5) is 13.2 Å². The van der Waals surface area contributed by atoms with Gasteiger partial charge in [0.15, 0.2) is 11.5 Å². The molecule has 3 aromatic carbocycles. The zero-order chi connectivity index (χ0) is 25.3. The third kappa shape index (κ3) is 4.86. The number of benzene rings is 3. The first-order valence-corrected chi connectivity index (χ1v) is 11.5. The summed E-state index contributed by atoms with van der Waals surface area (Å²) in [6, 6.07) is 18.9. The van der Waals surface area contributed by atoms with Crippen LogP contribution in [0, 0.1) is 5.92 Å². The molecule has 2 heterocycles. The predicted octanol–water partition coefficient (Wildman–Crippen LogP) is 4.61. The molecule has 2 amide bonds. The largest absolute Gasteiger partial charge is 0.454 e. The number of amides is 2. The quantitative estimate of drug-likeness (QED) is 0.561. The van der Waals surface area contributed by atoms with E-state index in [2.05, 4.69) is 5.32 Å². The van der Waals surface area contributed by atoms with Crippen LogP contribution in [0.2, 0.25) is 0 Å². The van der Waals surface area contributed by atoms with Gasteiger partial charge in [-0.3, -0.25) is 9.59 Å². The van der Waals surface area contributed by atoms with Crippen LogP contribution >= 0.6 is 0 Å². The molecule has 6 nitrogen and oxygen atoms in total. The molecule has 0 aromatic heterocycles. The lowest BCUT2D eigenvalue weighted by Gasteiger charge is -2.19. The molecule has 9 heteroatoms. The highest BCUT2D eigenvalue weighted by Crippen LogP contribution is 2.37. The van der Waals surface area contributed by atoms with E-state index in [0.717, 1.165) is 17.7 Å². The first kappa shape index (κ1) is 23.7. The molecule has 0 aliphatic carbocycles. The monoisotopic (exact) mass is 496 g/mol. The summed E-state index contributed by atoms with van der Waals surface area (Å²) in [7, 11) is 0. The number of nitrogens with zero attached hydrogens (tertiary/aromatic N) is 1. The predicted molar refractivity (Wildman–Crippen MR) is 124 cm³/mol. The molecule has 2 aliphatic rings. The average Bonchev–Trinajstić information content (AvgIpc) is 3.54. The normalized spacial score (nSPS) is 18.8. The minimum Gasteiger partial charge on any atom is -0.454 e. The maximum absolute atomic E-state index is 13.4. The molecule has 36 heavy (non-hydrogen) atoms. The van der Waals surface area contributed by atoms with Crippen molar-refractivity contribution in [3.8, 4) is 11.5 Å². The van der Waals surface area contributed by atoms with E-state index >= 15 is 0 Å². The van der Waals surface area contributed by atoms with Gasteiger partial charge in [0.2, 0.25) is 12.7 Å². The zero-order valence-electron chi connectivity index (χ0n) is 19.1. The summed E-state index contributed by atoms with van der Waals surface area (Å²) in [4.78, 5) is 27.9. The lowest BCUT2D eigenvalue weighted by molar-refractivity contribution is -0.137. The first-order chi connectivity index (χ1) is 17.3. The minimum absolute atomic E-state index is 0.0988. The van der Waals surface area contributed by atoms with Crippen molar-refractivity contribution in [3.05, 3.63) is 95.1 Å². The summed E-state index contributed by atoms with van der Waals surface area (Å²) in [5.41, 5.74) is 0.837. The van der Waals surface area contributed by atoms with Crippen molar-refractivity contribution in [2.75, 3.05) is 19.9 Å². The van der Waals surface area contributed by atoms with Crippen molar-refractivity contribution in [1.82, 2.24) is 10.2 Å². The lowest BCUT2D eigenvalue weighted by atomic mass is 9.87. The number of likely N-dealkylation sites (tertiary alicyclic amines) is 1. The summed E-state index contributed by atoms with van der Waals surface area (Å²) in [6.45, 7) is 0.573. The van der Waals surface area contributed by atoms with Gasteiger partial charge >= 0.3 is 6.18 Å². The van der Waals surface area contributed by atoms with E-state index in [4.69, 9.17) is 9.47 Å². The second-order valence-electron chi connectivity index (χ2n) is 8.82. The van der Waals surface area contributed by atoms with Crippen LogP contribution in [0.1, 0.15) is 33.0 Å². The van der Waals surface area contributed by atoms with Crippen molar-refractivity contribution in [1.29, 1.82) is 0 Å². The Morgan fingerprint density at radius 2 is 1.69 bits per heavy atom. The Hall–Kier alpha value is -4.01. The molecule has 1 fully saturated rings. The molecule has 0 radical (unpaired) electrons. The minimum atomic E-state index is -4.51. The van der Waals surface area contributed by atoms with E-state index in [0.29, 0.717) is 22.6 Å². The van der Waals surface area contributed by atoms with E-state index in [1.54, 1.807) is 54.6 Å². The maximum atomic E-state index is 13.4. The molecule has 1 N–H and O–H groups in total. The molecule has 186 valence electrons. The first-order valence-electron chi connectivity index (χ1n) is 11.5. The van der Waals surface area contributed by atoms with Gasteiger partial charge in [0.05, 0.1) is 11.5 Å². The van der Waals surface area contributed by atoms with Gasteiger partial charge in [-0.1, -0.05) is 42.5 Å². The van der Waals surface area contributed by atoms with Crippen LogP contribution in [0.5, 0.6) is 11.5 Å². The number of ether oxygens (including phenoxy) is 2. The Bertz CT molecular complexity index is 1280. The van der Waals surface area contributed by atoms with E-state index in [1.807, 2.05) is 0 Å². The second-order valence-corrected chi connectivity index (χ2v) is 8.82. The molecule has 0 bridgehead atoms. The molecule has 0 spiro atoms. The SMILES string of the molecule is O=C(NCc1ccc2c(c1)OCO2)C1CN(C(=O)c2ccccc2)CC1c1cccc(C(F)(F)F)c1. The molecule has 1 saturated heterocycles. The summed E-state index contributed by atoms with van der Waals surface area (Å²) in [6.07, 6.45) is -4.51. The molecule has 0 saturated carbocycles. The van der Waals surface area contributed by atoms with Crippen LogP contribution < -0.4 is 14.8 Å². The number of halogens is 3. The van der Waals surface area contributed by atoms with Crippen LogP contribution in [0.3, 0.4) is 0 Å². The van der Waals surface area contributed by atoms with Crippen molar-refractivity contribution in [2.24, 2.45) is 5.92 Å². The smallest absolute Gasteiger partial charge is 0.416 e. The number of hydrogen-bond donors (Lipinski definition) is 1. The van der Waals surface area contributed by atoms with Gasteiger partial charge < -0.3 is 19.7 Å². The fourth-order valence-corrected chi connectivity index (χ4v) is 4.65. The summed E-state index contributed by atoms with van der Waals surface area (Å²) in [5.74, 6) is -0.686. The Morgan fingerprint density at radius 1 is 0.917 bits per heavy atom. The van der Waals surface area contributed by atoms with E-state index < -0.39 is 23.6 Å². The molecule has 2 atom stereocenters. The summed E-state index contributed by atoms with van der Waals surface area (Å²) < 4.78 is 50.8. The van der Waals surface area contributed by atoms with Gasteiger partial charge in [-0.15, -0.1) is 0 Å². The van der Waals surface area contributed by atoms with E-state index in [-0.39, 0.29) is 38.2 Å². The Morgan fingerprint density at radius 3 is 2.47 bits per heavy atom. The molecule has 5 rings (SSSR count). The van der Waals surface area contributed by atoms with E-state index in [9.17, 15) is 22.8 Å². The fraction of sp³-hybridized carbons (Fsp3) is 0.259. The van der Waals surface area contributed by atoms with Crippen LogP contribution in [-0.2, 0) is 17.5 Å². The molecular formula is C27H23F3N2O4. The third-order valence-electron chi connectivity index (χ3n) is 6.51. The highest BCUT2D eigenvalue weighted by molar-refractivity contribution is 5.95. The van der Waals surface area contributed by atoms with Gasteiger partial charge in [0, 0.05) is 31.1 Å². The van der Waals surface area contributed by atoms with Crippen molar-refractivity contribution in [2.45, 2.75) is 18.6 Å². The molecule has 2 unspecified atom stereocenters. The topological polar surface area (TPSA) is 67.9 Å². The van der Waals surface area contributed by atoms with Crippen molar-refractivity contribution >= 4 is 11.8 Å². The standard InChI is InChI=1S/C27H23F3N2O4/c28-27(29,30)20-8-4-7-19(12-20)21-14-32(26(34)18-5-2-1-3-6-18)15-22(21)25(33)31-13-17-9-10-23-24(11-17)36-16-35-23/h1-12,21-22H,13-16H2,(H,31,33). The van der Waals surface area contributed by atoms with Gasteiger partial charge in [-0.05, 0) is 41.5 Å². The zero-order valence-corrected chi connectivity index (χ0v) is 19.1. The molecule has 3 aromatic rings. The number of nitrogens with one attached hydrogen (secondary N) is 1. The van der Waals surface area contributed by atoms with Crippen LogP contribution in [0.25, 0.3) is 0 Å². The summed E-state index contributed by atoms with van der Waals surface area (Å²) >= 11 is 0. The molecular weight excluding hydrogens is 473 g/mol. The third-order valence-corrected chi connectivity index (χ3v) is 6.51. The number of carbonyl (C=O) groups excluding carboxylic acids is 2. The van der Waals surface area contributed by atoms with Crippen LogP contribution in [-0.4, -0.2) is 36.6 Å². The van der Waals surface area contributed by atoms with Gasteiger partial charge in [-0.25, -0.2) is 0 Å². The average molecular weight is 496 g/mol. The van der Waals surface area contributed by atoms with Gasteiger partial charge in [0.1, 0.15) is 0 Å². The highest BCUT2D eigenvalue weighted by Gasteiger charge is 2.41.